The Hall–Kier alpha value is -2.00. The molecule has 0 aliphatic heterocycles. The van der Waals surface area contributed by atoms with Crippen LogP contribution in [0.2, 0.25) is 0 Å². The maximum absolute atomic E-state index is 12.0. The minimum atomic E-state index is -3.55. The van der Waals surface area contributed by atoms with Gasteiger partial charge < -0.3 is 4.52 Å². The highest BCUT2D eigenvalue weighted by molar-refractivity contribution is 7.90. The predicted octanol–water partition coefficient (Wildman–Crippen LogP) is 1.50. The first kappa shape index (κ1) is 12.1. The molecule has 98 valence electrons. The Morgan fingerprint density at radius 3 is 3.00 bits per heavy atom. The van der Waals surface area contributed by atoms with Gasteiger partial charge in [-0.25, -0.2) is 8.42 Å². The first-order valence-corrected chi connectivity index (χ1v) is 7.76. The lowest BCUT2D eigenvalue weighted by molar-refractivity contribution is 0.426. The first-order valence-electron chi connectivity index (χ1n) is 5.23. The highest BCUT2D eigenvalue weighted by Crippen LogP contribution is 2.26. The van der Waals surface area contributed by atoms with Crippen LogP contribution in [0.15, 0.2) is 39.3 Å². The molecule has 0 unspecified atom stereocenters. The van der Waals surface area contributed by atoms with Crippen molar-refractivity contribution < 1.29 is 12.9 Å². The molecule has 1 N–H and O–H groups in total. The monoisotopic (exact) mass is 296 g/mol. The highest BCUT2D eigenvalue weighted by Gasteiger charge is 2.21. The Balaban J connectivity index is 1.85. The van der Waals surface area contributed by atoms with Gasteiger partial charge in [-0.05, 0) is 11.4 Å². The molecule has 0 radical (unpaired) electrons. The second-order valence-electron chi connectivity index (χ2n) is 3.73. The quantitative estimate of drug-likeness (QED) is 0.782. The number of nitrogens with one attached hydrogen (secondary N) is 1. The second kappa shape index (κ2) is 4.59. The molecule has 3 heterocycles. The Bertz CT molecular complexity index is 760. The van der Waals surface area contributed by atoms with Crippen LogP contribution in [0.25, 0.3) is 10.6 Å². The number of aromatic nitrogens is 4. The molecular weight excluding hydrogens is 288 g/mol. The molecule has 0 spiro atoms. The average Bonchev–Trinajstić information content (AvgIpc) is 3.11. The van der Waals surface area contributed by atoms with Gasteiger partial charge in [0.15, 0.2) is 10.8 Å². The third kappa shape index (κ3) is 2.42. The van der Waals surface area contributed by atoms with Gasteiger partial charge in [-0.2, -0.15) is 10.3 Å². The number of thiophene rings is 1. The average molecular weight is 296 g/mol. The van der Waals surface area contributed by atoms with E-state index < -0.39 is 9.84 Å². The maximum Gasteiger partial charge on any atom is 0.204 e. The van der Waals surface area contributed by atoms with E-state index in [9.17, 15) is 8.42 Å². The Labute approximate surface area is 112 Å². The summed E-state index contributed by atoms with van der Waals surface area (Å²) in [5.74, 6) is 0.286. The minimum absolute atomic E-state index is 0.104. The van der Waals surface area contributed by atoms with E-state index in [0.29, 0.717) is 11.5 Å². The molecule has 3 aromatic heterocycles. The normalized spacial score (nSPS) is 11.8. The molecule has 19 heavy (non-hydrogen) atoms. The molecule has 0 amide bonds. The minimum Gasteiger partial charge on any atom is -0.355 e. The van der Waals surface area contributed by atoms with Crippen molar-refractivity contribution in [1.82, 2.24) is 20.6 Å². The Morgan fingerprint density at radius 1 is 1.42 bits per heavy atom. The number of rotatable bonds is 4. The van der Waals surface area contributed by atoms with E-state index in [0.717, 1.165) is 11.1 Å². The lowest BCUT2D eigenvalue weighted by Gasteiger charge is -1.94. The van der Waals surface area contributed by atoms with Gasteiger partial charge >= 0.3 is 0 Å². The Kier molecular flexibility index (Phi) is 2.91. The van der Waals surface area contributed by atoms with E-state index in [-0.39, 0.29) is 10.8 Å². The van der Waals surface area contributed by atoms with E-state index in [1.807, 2.05) is 17.5 Å². The van der Waals surface area contributed by atoms with Crippen LogP contribution in [0.3, 0.4) is 0 Å². The van der Waals surface area contributed by atoms with Crippen LogP contribution in [0.5, 0.6) is 0 Å². The van der Waals surface area contributed by atoms with Crippen LogP contribution in [0.4, 0.5) is 0 Å². The molecule has 7 nitrogen and oxygen atoms in total. The van der Waals surface area contributed by atoms with E-state index in [1.54, 1.807) is 6.07 Å². The van der Waals surface area contributed by atoms with Gasteiger partial charge in [-0.3, -0.25) is 0 Å². The second-order valence-corrected chi connectivity index (χ2v) is 6.61. The molecule has 3 aromatic rings. The first-order chi connectivity index (χ1) is 9.15. The van der Waals surface area contributed by atoms with Gasteiger partial charge in [0.25, 0.3) is 0 Å². The lowest BCUT2D eigenvalue weighted by Crippen LogP contribution is -2.05. The van der Waals surface area contributed by atoms with E-state index in [2.05, 4.69) is 20.6 Å². The van der Waals surface area contributed by atoms with Gasteiger partial charge in [0.05, 0.1) is 16.8 Å². The van der Waals surface area contributed by atoms with Crippen molar-refractivity contribution in [3.63, 3.8) is 0 Å². The van der Waals surface area contributed by atoms with Crippen molar-refractivity contribution in [1.29, 1.82) is 0 Å². The third-order valence-corrected chi connectivity index (χ3v) is 4.77. The van der Waals surface area contributed by atoms with Crippen molar-refractivity contribution in [3.05, 3.63) is 35.5 Å². The van der Waals surface area contributed by atoms with Crippen molar-refractivity contribution >= 4 is 21.2 Å². The summed E-state index contributed by atoms with van der Waals surface area (Å²) < 4.78 is 29.0. The number of hydrogen-bond donors (Lipinski definition) is 1. The predicted molar refractivity (Wildman–Crippen MR) is 67.1 cm³/mol. The highest BCUT2D eigenvalue weighted by atomic mass is 32.2. The van der Waals surface area contributed by atoms with Gasteiger partial charge in [0.2, 0.25) is 9.84 Å². The molecule has 0 aliphatic carbocycles. The number of H-pyrrole nitrogens is 1. The van der Waals surface area contributed by atoms with Crippen molar-refractivity contribution in [2.75, 3.05) is 0 Å². The smallest absolute Gasteiger partial charge is 0.204 e. The summed E-state index contributed by atoms with van der Waals surface area (Å²) in [6, 6.07) is 5.37. The number of aromatic amines is 1. The molecule has 0 aliphatic rings. The number of sulfone groups is 1. The number of hydrogen-bond acceptors (Lipinski definition) is 7. The fourth-order valence-electron chi connectivity index (χ4n) is 1.52. The maximum atomic E-state index is 12.0. The molecule has 0 bridgehead atoms. The lowest BCUT2D eigenvalue weighted by atomic mass is 10.3. The standard InChI is InChI=1S/C10H8N4O3S2/c15-19(16,10-5-11-14-12-10)6-7-4-8(17-13-7)9-2-1-3-18-9/h1-5H,6H2,(H,11,12,14). The third-order valence-electron chi connectivity index (χ3n) is 2.37. The van der Waals surface area contributed by atoms with Crippen molar-refractivity contribution in [3.8, 4) is 10.6 Å². The summed E-state index contributed by atoms with van der Waals surface area (Å²) in [7, 11) is -3.55. The Morgan fingerprint density at radius 2 is 2.32 bits per heavy atom. The molecule has 9 heteroatoms. The molecule has 0 saturated carbocycles. The van der Waals surface area contributed by atoms with Crippen molar-refractivity contribution in [2.24, 2.45) is 0 Å². The summed E-state index contributed by atoms with van der Waals surface area (Å²) >= 11 is 1.49. The summed E-state index contributed by atoms with van der Waals surface area (Å²) in [4.78, 5) is 0.901. The van der Waals surface area contributed by atoms with Crippen LogP contribution in [0, 0.1) is 0 Å². The zero-order valence-electron chi connectivity index (χ0n) is 9.48. The van der Waals surface area contributed by atoms with Crippen LogP contribution < -0.4 is 0 Å². The van der Waals surface area contributed by atoms with Gasteiger partial charge in [-0.1, -0.05) is 11.2 Å². The van der Waals surface area contributed by atoms with E-state index >= 15 is 0 Å². The summed E-state index contributed by atoms with van der Waals surface area (Å²) in [5, 5.41) is 14.9. The van der Waals surface area contributed by atoms with E-state index in [1.165, 1.54) is 11.3 Å². The van der Waals surface area contributed by atoms with Crippen LogP contribution in [-0.2, 0) is 15.6 Å². The van der Waals surface area contributed by atoms with Gasteiger partial charge in [0.1, 0.15) is 5.75 Å². The van der Waals surface area contributed by atoms with E-state index in [4.69, 9.17) is 4.52 Å². The summed E-state index contributed by atoms with van der Waals surface area (Å²) in [6.45, 7) is 0. The van der Waals surface area contributed by atoms with Crippen molar-refractivity contribution in [2.45, 2.75) is 10.8 Å². The SMILES string of the molecule is O=S(=O)(Cc1cc(-c2cccs2)on1)c1cn[nH]n1. The van der Waals surface area contributed by atoms with Crippen LogP contribution >= 0.6 is 11.3 Å². The molecule has 3 rings (SSSR count). The van der Waals surface area contributed by atoms with Crippen LogP contribution in [0.1, 0.15) is 5.69 Å². The largest absolute Gasteiger partial charge is 0.355 e. The van der Waals surface area contributed by atoms with Gasteiger partial charge in [0, 0.05) is 6.07 Å². The molecule has 0 aromatic carbocycles. The van der Waals surface area contributed by atoms with Gasteiger partial charge in [-0.15, -0.1) is 16.4 Å². The molecular formula is C10H8N4O3S2. The zero-order valence-corrected chi connectivity index (χ0v) is 11.1. The number of nitrogens with zero attached hydrogens (tertiary/aromatic N) is 3. The molecule has 0 atom stereocenters. The molecule has 0 saturated heterocycles. The summed E-state index contributed by atoms with van der Waals surface area (Å²) in [6.07, 6.45) is 1.16. The fraction of sp³-hybridized carbons (Fsp3) is 0.100. The molecule has 0 fully saturated rings. The summed E-state index contributed by atoms with van der Waals surface area (Å²) in [5.41, 5.74) is 0.339. The topological polar surface area (TPSA) is 102 Å². The van der Waals surface area contributed by atoms with Crippen LogP contribution in [-0.4, -0.2) is 29.0 Å². The zero-order chi connectivity index (χ0) is 13.3. The fourth-order valence-corrected chi connectivity index (χ4v) is 3.26.